The van der Waals surface area contributed by atoms with Gasteiger partial charge in [0.15, 0.2) is 0 Å². The third kappa shape index (κ3) is 15.3. The number of carbonyl (C=O) groups excluding carboxylic acids is 1. The molecule has 1 atom stereocenters. The Morgan fingerprint density at radius 3 is 2.05 bits per heavy atom. The van der Waals surface area contributed by atoms with Crippen molar-refractivity contribution in [2.75, 3.05) is 19.6 Å². The van der Waals surface area contributed by atoms with E-state index in [1.165, 1.54) is 96.0 Å². The van der Waals surface area contributed by atoms with Gasteiger partial charge in [-0.3, -0.25) is 9.69 Å². The third-order valence-electron chi connectivity index (χ3n) is 7.60. The van der Waals surface area contributed by atoms with E-state index >= 15 is 0 Å². The minimum Gasteiger partial charge on any atom is -0.478 e. The Hall–Kier alpha value is -2.14. The second-order valence-corrected chi connectivity index (χ2v) is 11.0. The van der Waals surface area contributed by atoms with Gasteiger partial charge in [-0.25, -0.2) is 4.79 Å². The monoisotopic (exact) mass is 527 g/mol. The number of rotatable bonds is 21. The quantitative estimate of drug-likeness (QED) is 0.0991. The van der Waals surface area contributed by atoms with Crippen molar-refractivity contribution in [2.45, 2.75) is 129 Å². The van der Waals surface area contributed by atoms with Gasteiger partial charge in [-0.05, 0) is 49.6 Å². The molecule has 1 N–H and O–H groups in total. The summed E-state index contributed by atoms with van der Waals surface area (Å²) in [5.41, 5.74) is 1.88. The largest absolute Gasteiger partial charge is 0.478 e. The second kappa shape index (κ2) is 20.8. The van der Waals surface area contributed by atoms with Crippen molar-refractivity contribution in [1.29, 1.82) is 0 Å². The zero-order valence-corrected chi connectivity index (χ0v) is 24.0. The summed E-state index contributed by atoms with van der Waals surface area (Å²) in [5.74, 6) is -1.07. The fourth-order valence-corrected chi connectivity index (χ4v) is 5.39. The SMILES string of the molecule is CCCCCCCCCCCCCCCC(=O)OC(Cc1ccccc1C=CC(=O)O)CN1CCCCC1. The van der Waals surface area contributed by atoms with Crippen LogP contribution >= 0.6 is 0 Å². The van der Waals surface area contributed by atoms with Crippen molar-refractivity contribution in [3.63, 3.8) is 0 Å². The number of hydrogen-bond acceptors (Lipinski definition) is 4. The van der Waals surface area contributed by atoms with Crippen molar-refractivity contribution in [2.24, 2.45) is 0 Å². The minimum absolute atomic E-state index is 0.103. The third-order valence-corrected chi connectivity index (χ3v) is 7.60. The molecule has 0 bridgehead atoms. The van der Waals surface area contributed by atoms with Gasteiger partial charge in [0.25, 0.3) is 0 Å². The van der Waals surface area contributed by atoms with E-state index in [9.17, 15) is 9.59 Å². The number of carbonyl (C=O) groups is 2. The van der Waals surface area contributed by atoms with Crippen LogP contribution in [0, 0.1) is 0 Å². The smallest absolute Gasteiger partial charge is 0.328 e. The molecule has 1 aromatic carbocycles. The molecule has 5 heteroatoms. The average molecular weight is 528 g/mol. The first-order valence-corrected chi connectivity index (χ1v) is 15.5. The van der Waals surface area contributed by atoms with Gasteiger partial charge in [-0.15, -0.1) is 0 Å². The molecule has 0 aliphatic carbocycles. The molecule has 1 aliphatic rings. The standard InChI is InChI=1S/C33H53NO4/c1-2-3-4-5-6-7-8-9-10-11-12-13-15-22-33(37)38-31(28-34-25-18-14-19-26-34)27-30-21-17-16-20-29(30)23-24-32(35)36/h16-17,20-21,23-24,31H,2-15,18-19,22,25-28H2,1H3,(H,35,36). The Morgan fingerprint density at radius 1 is 0.868 bits per heavy atom. The molecule has 1 unspecified atom stereocenters. The average Bonchev–Trinajstić information content (AvgIpc) is 2.91. The van der Waals surface area contributed by atoms with Gasteiger partial charge in [0.2, 0.25) is 0 Å². The lowest BCUT2D eigenvalue weighted by molar-refractivity contribution is -0.150. The first-order chi connectivity index (χ1) is 18.6. The lowest BCUT2D eigenvalue weighted by atomic mass is 10.00. The van der Waals surface area contributed by atoms with Gasteiger partial charge in [-0.1, -0.05) is 115 Å². The normalized spacial score (nSPS) is 15.1. The van der Waals surface area contributed by atoms with Gasteiger partial charge in [-0.2, -0.15) is 0 Å². The molecular weight excluding hydrogens is 474 g/mol. The molecule has 0 saturated carbocycles. The Balaban J connectivity index is 1.71. The summed E-state index contributed by atoms with van der Waals surface area (Å²) in [6, 6.07) is 7.79. The highest BCUT2D eigenvalue weighted by Crippen LogP contribution is 2.19. The van der Waals surface area contributed by atoms with Crippen LogP contribution in [0.4, 0.5) is 0 Å². The van der Waals surface area contributed by atoms with E-state index in [0.29, 0.717) is 12.8 Å². The number of hydrogen-bond donors (Lipinski definition) is 1. The highest BCUT2D eigenvalue weighted by molar-refractivity contribution is 5.85. The van der Waals surface area contributed by atoms with E-state index in [4.69, 9.17) is 9.84 Å². The molecule has 1 aromatic rings. The van der Waals surface area contributed by atoms with Crippen LogP contribution in [-0.2, 0) is 20.7 Å². The molecule has 5 nitrogen and oxygen atoms in total. The zero-order valence-electron chi connectivity index (χ0n) is 24.0. The number of piperidine rings is 1. The minimum atomic E-state index is -0.964. The molecule has 1 aliphatic heterocycles. The van der Waals surface area contributed by atoms with E-state index in [1.807, 2.05) is 24.3 Å². The maximum Gasteiger partial charge on any atom is 0.328 e. The van der Waals surface area contributed by atoms with Crippen LogP contribution in [0.15, 0.2) is 30.3 Å². The lowest BCUT2D eigenvalue weighted by Gasteiger charge is -2.30. The van der Waals surface area contributed by atoms with Crippen LogP contribution in [-0.4, -0.2) is 47.7 Å². The molecule has 1 fully saturated rings. The molecule has 0 spiro atoms. The number of carboxylic acid groups (broad SMARTS) is 1. The predicted molar refractivity (Wildman–Crippen MR) is 157 cm³/mol. The summed E-state index contributed by atoms with van der Waals surface area (Å²) in [4.78, 5) is 26.2. The number of carboxylic acids is 1. The van der Waals surface area contributed by atoms with E-state index < -0.39 is 5.97 Å². The second-order valence-electron chi connectivity index (χ2n) is 11.0. The fourth-order valence-electron chi connectivity index (χ4n) is 5.39. The number of ether oxygens (including phenoxy) is 1. The first kappa shape index (κ1) is 32.1. The molecule has 1 saturated heterocycles. The number of unbranched alkanes of at least 4 members (excludes halogenated alkanes) is 12. The van der Waals surface area contributed by atoms with Crippen molar-refractivity contribution in [1.82, 2.24) is 4.90 Å². The van der Waals surface area contributed by atoms with Crippen molar-refractivity contribution in [3.8, 4) is 0 Å². The van der Waals surface area contributed by atoms with Crippen LogP contribution in [0.1, 0.15) is 127 Å². The van der Waals surface area contributed by atoms with Gasteiger partial charge in [0.05, 0.1) is 0 Å². The number of benzene rings is 1. The topological polar surface area (TPSA) is 66.8 Å². The van der Waals surface area contributed by atoms with Gasteiger partial charge in [0, 0.05) is 25.5 Å². The summed E-state index contributed by atoms with van der Waals surface area (Å²) in [7, 11) is 0. The van der Waals surface area contributed by atoms with Crippen LogP contribution in [0.25, 0.3) is 6.08 Å². The molecule has 38 heavy (non-hydrogen) atoms. The molecule has 2 rings (SSSR count). The number of likely N-dealkylation sites (tertiary alicyclic amines) is 1. The van der Waals surface area contributed by atoms with Gasteiger partial charge < -0.3 is 9.84 Å². The zero-order chi connectivity index (χ0) is 27.3. The Bertz CT molecular complexity index is 800. The van der Waals surface area contributed by atoms with Crippen molar-refractivity contribution < 1.29 is 19.4 Å². The van der Waals surface area contributed by atoms with Gasteiger partial charge in [0.1, 0.15) is 6.10 Å². The van der Waals surface area contributed by atoms with Crippen LogP contribution < -0.4 is 0 Å². The number of nitrogens with zero attached hydrogens (tertiary/aromatic N) is 1. The Labute approximate surface area is 232 Å². The highest BCUT2D eigenvalue weighted by Gasteiger charge is 2.21. The van der Waals surface area contributed by atoms with E-state index in [2.05, 4.69) is 11.8 Å². The molecule has 0 amide bonds. The van der Waals surface area contributed by atoms with E-state index in [1.54, 1.807) is 6.08 Å². The maximum atomic E-state index is 12.8. The molecular formula is C33H53NO4. The molecule has 1 heterocycles. The van der Waals surface area contributed by atoms with E-state index in [0.717, 1.165) is 43.6 Å². The predicted octanol–water partition coefficient (Wildman–Crippen LogP) is 8.21. The fraction of sp³-hybridized carbons (Fsp3) is 0.697. The highest BCUT2D eigenvalue weighted by atomic mass is 16.5. The summed E-state index contributed by atoms with van der Waals surface area (Å²) >= 11 is 0. The molecule has 0 aromatic heterocycles. The van der Waals surface area contributed by atoms with Crippen molar-refractivity contribution in [3.05, 3.63) is 41.5 Å². The van der Waals surface area contributed by atoms with E-state index in [-0.39, 0.29) is 12.1 Å². The summed E-state index contributed by atoms with van der Waals surface area (Å²) in [6.45, 7) is 5.10. The van der Waals surface area contributed by atoms with Crippen LogP contribution in [0.3, 0.4) is 0 Å². The lowest BCUT2D eigenvalue weighted by Crippen LogP contribution is -2.39. The van der Waals surface area contributed by atoms with Crippen molar-refractivity contribution >= 4 is 18.0 Å². The summed E-state index contributed by atoms with van der Waals surface area (Å²) in [6.07, 6.45) is 24.1. The summed E-state index contributed by atoms with van der Waals surface area (Å²) < 4.78 is 6.02. The first-order valence-electron chi connectivity index (χ1n) is 15.5. The van der Waals surface area contributed by atoms with Crippen LogP contribution in [0.5, 0.6) is 0 Å². The number of esters is 1. The Morgan fingerprint density at radius 2 is 1.45 bits per heavy atom. The molecule has 0 radical (unpaired) electrons. The summed E-state index contributed by atoms with van der Waals surface area (Å²) in [5, 5.41) is 9.04. The maximum absolute atomic E-state index is 12.8. The molecule has 214 valence electrons. The van der Waals surface area contributed by atoms with Crippen LogP contribution in [0.2, 0.25) is 0 Å². The Kier molecular flexibility index (Phi) is 17.5. The van der Waals surface area contributed by atoms with Gasteiger partial charge >= 0.3 is 11.9 Å². The number of aliphatic carboxylic acids is 1.